The maximum Gasteiger partial charge on any atom is 0.126 e. The summed E-state index contributed by atoms with van der Waals surface area (Å²) >= 11 is 3.48. The summed E-state index contributed by atoms with van der Waals surface area (Å²) in [5.41, 5.74) is -0.00949. The van der Waals surface area contributed by atoms with Crippen molar-refractivity contribution in [2.45, 2.75) is 18.4 Å². The molecule has 16 heavy (non-hydrogen) atoms. The van der Waals surface area contributed by atoms with Gasteiger partial charge in [-0.1, -0.05) is 22.0 Å². The fourth-order valence-electron chi connectivity index (χ4n) is 2.09. The number of methoxy groups -OCH3 is 1. The Bertz CT molecular complexity index is 373. The molecule has 1 fully saturated rings. The molecule has 0 unspecified atom stereocenters. The van der Waals surface area contributed by atoms with E-state index in [0.29, 0.717) is 26.1 Å². The van der Waals surface area contributed by atoms with Crippen molar-refractivity contribution in [3.05, 3.63) is 28.2 Å². The van der Waals surface area contributed by atoms with Crippen LogP contribution in [0.15, 0.2) is 22.7 Å². The van der Waals surface area contributed by atoms with Crippen LogP contribution in [0.5, 0.6) is 5.75 Å². The summed E-state index contributed by atoms with van der Waals surface area (Å²) in [6.07, 6.45) is 1.21. The van der Waals surface area contributed by atoms with Crippen LogP contribution < -0.4 is 4.74 Å². The first-order chi connectivity index (χ1) is 7.67. The molecule has 88 valence electrons. The first-order valence-corrected chi connectivity index (χ1v) is 6.10. The van der Waals surface area contributed by atoms with Crippen molar-refractivity contribution < 1.29 is 14.6 Å². The number of rotatable bonds is 2. The van der Waals surface area contributed by atoms with Gasteiger partial charge >= 0.3 is 0 Å². The monoisotopic (exact) mass is 286 g/mol. The molecule has 0 bridgehead atoms. The van der Waals surface area contributed by atoms with Crippen LogP contribution in [0.25, 0.3) is 0 Å². The van der Waals surface area contributed by atoms with E-state index in [0.717, 1.165) is 15.8 Å². The molecule has 1 saturated heterocycles. The first-order valence-electron chi connectivity index (χ1n) is 5.30. The average Bonchev–Trinajstić information content (AvgIpc) is 2.29. The highest BCUT2D eigenvalue weighted by Gasteiger charge is 2.36. The molecule has 1 aromatic rings. The van der Waals surface area contributed by atoms with Crippen molar-refractivity contribution in [2.75, 3.05) is 20.3 Å². The van der Waals surface area contributed by atoms with Gasteiger partial charge in [0, 0.05) is 36.1 Å². The molecular formula is C12H15BrO3. The molecule has 0 spiro atoms. The van der Waals surface area contributed by atoms with Gasteiger partial charge in [-0.05, 0) is 12.1 Å². The number of ether oxygens (including phenoxy) is 2. The SMILES string of the molecule is COc1cccc(Br)c1C1(O)CCOCC1. The predicted octanol–water partition coefficient (Wildman–Crippen LogP) is 2.46. The van der Waals surface area contributed by atoms with Gasteiger partial charge in [-0.2, -0.15) is 0 Å². The highest BCUT2D eigenvalue weighted by Crippen LogP contribution is 2.41. The summed E-state index contributed by atoms with van der Waals surface area (Å²) in [6.45, 7) is 1.17. The zero-order chi connectivity index (χ0) is 11.6. The molecule has 3 nitrogen and oxygen atoms in total. The Labute approximate surface area is 104 Å². The minimum absolute atomic E-state index is 0.584. The lowest BCUT2D eigenvalue weighted by Gasteiger charge is -2.34. The van der Waals surface area contributed by atoms with Crippen LogP contribution in [-0.4, -0.2) is 25.4 Å². The van der Waals surface area contributed by atoms with E-state index < -0.39 is 5.60 Å². The Morgan fingerprint density at radius 2 is 2.06 bits per heavy atom. The number of benzene rings is 1. The highest BCUT2D eigenvalue weighted by atomic mass is 79.9. The van der Waals surface area contributed by atoms with Crippen LogP contribution in [0.4, 0.5) is 0 Å². The fraction of sp³-hybridized carbons (Fsp3) is 0.500. The van der Waals surface area contributed by atoms with E-state index in [1.165, 1.54) is 0 Å². The van der Waals surface area contributed by atoms with Gasteiger partial charge in [0.15, 0.2) is 0 Å². The maximum absolute atomic E-state index is 10.6. The van der Waals surface area contributed by atoms with Gasteiger partial charge in [-0.15, -0.1) is 0 Å². The predicted molar refractivity (Wildman–Crippen MR) is 64.6 cm³/mol. The van der Waals surface area contributed by atoms with E-state index in [-0.39, 0.29) is 0 Å². The molecule has 1 heterocycles. The zero-order valence-electron chi connectivity index (χ0n) is 9.20. The van der Waals surface area contributed by atoms with Gasteiger partial charge < -0.3 is 14.6 Å². The second-order valence-electron chi connectivity index (χ2n) is 3.96. The van der Waals surface area contributed by atoms with Crippen LogP contribution in [0.2, 0.25) is 0 Å². The third kappa shape index (κ3) is 2.10. The molecule has 0 atom stereocenters. The summed E-state index contributed by atoms with van der Waals surface area (Å²) in [7, 11) is 1.62. The van der Waals surface area contributed by atoms with Gasteiger partial charge in [0.2, 0.25) is 0 Å². The van der Waals surface area contributed by atoms with E-state index in [1.807, 2.05) is 18.2 Å². The van der Waals surface area contributed by atoms with Crippen LogP contribution in [0, 0.1) is 0 Å². The molecule has 1 aliphatic heterocycles. The zero-order valence-corrected chi connectivity index (χ0v) is 10.8. The summed E-state index contributed by atoms with van der Waals surface area (Å²) in [4.78, 5) is 0. The fourth-order valence-corrected chi connectivity index (χ4v) is 2.80. The van der Waals surface area contributed by atoms with Crippen molar-refractivity contribution in [3.8, 4) is 5.75 Å². The average molecular weight is 287 g/mol. The normalized spacial score (nSPS) is 19.4. The molecule has 1 aromatic carbocycles. The highest BCUT2D eigenvalue weighted by molar-refractivity contribution is 9.10. The standard InChI is InChI=1S/C12H15BrO3/c1-15-10-4-2-3-9(13)11(10)12(14)5-7-16-8-6-12/h2-4,14H,5-8H2,1H3. The van der Waals surface area contributed by atoms with Gasteiger partial charge in [0.25, 0.3) is 0 Å². The molecular weight excluding hydrogens is 272 g/mol. The number of halogens is 1. The second kappa shape index (κ2) is 4.73. The van der Waals surface area contributed by atoms with Crippen molar-refractivity contribution in [1.29, 1.82) is 0 Å². The Hall–Kier alpha value is -0.580. The van der Waals surface area contributed by atoms with Crippen molar-refractivity contribution in [3.63, 3.8) is 0 Å². The van der Waals surface area contributed by atoms with E-state index in [4.69, 9.17) is 9.47 Å². The molecule has 1 N–H and O–H groups in total. The quantitative estimate of drug-likeness (QED) is 0.908. The molecule has 2 rings (SSSR count). The first kappa shape index (κ1) is 11.9. The van der Waals surface area contributed by atoms with Crippen LogP contribution in [0.1, 0.15) is 18.4 Å². The summed E-state index contributed by atoms with van der Waals surface area (Å²) in [5, 5.41) is 10.6. The second-order valence-corrected chi connectivity index (χ2v) is 4.82. The minimum atomic E-state index is -0.844. The summed E-state index contributed by atoms with van der Waals surface area (Å²) < 4.78 is 11.5. The number of aliphatic hydroxyl groups is 1. The molecule has 1 aliphatic rings. The smallest absolute Gasteiger partial charge is 0.126 e. The lowest BCUT2D eigenvalue weighted by Crippen LogP contribution is -2.34. The van der Waals surface area contributed by atoms with Gasteiger partial charge in [-0.25, -0.2) is 0 Å². The summed E-state index contributed by atoms with van der Waals surface area (Å²) in [5.74, 6) is 0.721. The lowest BCUT2D eigenvalue weighted by molar-refractivity contribution is -0.0694. The Morgan fingerprint density at radius 1 is 1.38 bits per heavy atom. The third-order valence-corrected chi connectivity index (χ3v) is 3.64. The third-order valence-electron chi connectivity index (χ3n) is 2.98. The molecule has 0 aliphatic carbocycles. The van der Waals surface area contributed by atoms with Crippen molar-refractivity contribution in [1.82, 2.24) is 0 Å². The molecule has 4 heteroatoms. The topological polar surface area (TPSA) is 38.7 Å². The van der Waals surface area contributed by atoms with E-state index >= 15 is 0 Å². The van der Waals surface area contributed by atoms with Crippen LogP contribution >= 0.6 is 15.9 Å². The maximum atomic E-state index is 10.6. The molecule has 0 saturated carbocycles. The molecule has 0 aromatic heterocycles. The van der Waals surface area contributed by atoms with Crippen molar-refractivity contribution >= 4 is 15.9 Å². The van der Waals surface area contributed by atoms with Gasteiger partial charge in [-0.3, -0.25) is 0 Å². The van der Waals surface area contributed by atoms with Crippen LogP contribution in [0.3, 0.4) is 0 Å². The minimum Gasteiger partial charge on any atom is -0.496 e. The molecule has 0 amide bonds. The lowest BCUT2D eigenvalue weighted by atomic mass is 9.86. The van der Waals surface area contributed by atoms with Crippen LogP contribution in [-0.2, 0) is 10.3 Å². The number of hydrogen-bond acceptors (Lipinski definition) is 3. The summed E-state index contributed by atoms with van der Waals surface area (Å²) in [6, 6.07) is 5.69. The van der Waals surface area contributed by atoms with Crippen molar-refractivity contribution in [2.24, 2.45) is 0 Å². The Kier molecular flexibility index (Phi) is 3.52. The van der Waals surface area contributed by atoms with E-state index in [1.54, 1.807) is 7.11 Å². The molecule has 0 radical (unpaired) electrons. The van der Waals surface area contributed by atoms with Gasteiger partial charge in [0.05, 0.1) is 12.7 Å². The Morgan fingerprint density at radius 3 is 2.69 bits per heavy atom. The number of hydrogen-bond donors (Lipinski definition) is 1. The Balaban J connectivity index is 2.44. The van der Waals surface area contributed by atoms with Gasteiger partial charge in [0.1, 0.15) is 5.75 Å². The largest absolute Gasteiger partial charge is 0.496 e. The van der Waals surface area contributed by atoms with E-state index in [2.05, 4.69) is 15.9 Å². The van der Waals surface area contributed by atoms with E-state index in [9.17, 15) is 5.11 Å².